The molecule has 0 aromatic rings. The molecule has 0 aromatic carbocycles. The summed E-state index contributed by atoms with van der Waals surface area (Å²) in [5.41, 5.74) is 0. The van der Waals surface area contributed by atoms with Crippen LogP contribution < -0.4 is 0 Å². The SMILES string of the molecule is C[C@H]1O[C@H](O[C@@H]2[C@H]3OC(C)(C)O[C@H]3O[C@@H]2[C@H]2COC(C)(C)O2)C=C[C@@H]1O. The van der Waals surface area contributed by atoms with Crippen LogP contribution >= 0.6 is 0 Å². The highest BCUT2D eigenvalue weighted by molar-refractivity contribution is 5.02. The zero-order valence-electron chi connectivity index (χ0n) is 15.8. The van der Waals surface area contributed by atoms with E-state index in [1.807, 2.05) is 27.7 Å². The number of hydrogen-bond donors (Lipinski definition) is 1. The average Bonchev–Trinajstić information content (AvgIpc) is 3.14. The van der Waals surface area contributed by atoms with Crippen molar-refractivity contribution in [3.05, 3.63) is 12.2 Å². The maximum absolute atomic E-state index is 9.78. The molecule has 0 unspecified atom stereocenters. The summed E-state index contributed by atoms with van der Waals surface area (Å²) >= 11 is 0. The summed E-state index contributed by atoms with van der Waals surface area (Å²) in [6.07, 6.45) is -0.342. The Balaban J connectivity index is 1.52. The molecule has 0 aromatic heterocycles. The number of rotatable bonds is 3. The maximum Gasteiger partial charge on any atom is 0.190 e. The van der Waals surface area contributed by atoms with Crippen molar-refractivity contribution in [2.45, 2.75) is 95.4 Å². The van der Waals surface area contributed by atoms with Crippen molar-refractivity contribution in [1.82, 2.24) is 0 Å². The lowest BCUT2D eigenvalue weighted by Crippen LogP contribution is -2.47. The molecule has 3 fully saturated rings. The molecule has 4 heterocycles. The van der Waals surface area contributed by atoms with Gasteiger partial charge in [0.1, 0.15) is 24.4 Å². The third kappa shape index (κ3) is 3.57. The normalized spacial score (nSPS) is 49.5. The van der Waals surface area contributed by atoms with E-state index in [1.165, 1.54) is 0 Å². The van der Waals surface area contributed by atoms with Crippen LogP contribution in [0.25, 0.3) is 0 Å². The highest BCUT2D eigenvalue weighted by atomic mass is 16.9. The second-order valence-electron chi connectivity index (χ2n) is 8.12. The molecule has 0 saturated carbocycles. The second-order valence-corrected chi connectivity index (χ2v) is 8.12. The predicted molar refractivity (Wildman–Crippen MR) is 88.0 cm³/mol. The van der Waals surface area contributed by atoms with Crippen molar-refractivity contribution in [3.8, 4) is 0 Å². The van der Waals surface area contributed by atoms with Crippen LogP contribution in [0.1, 0.15) is 34.6 Å². The minimum absolute atomic E-state index is 0.300. The molecule has 26 heavy (non-hydrogen) atoms. The first kappa shape index (κ1) is 18.8. The molecule has 148 valence electrons. The molecule has 0 bridgehead atoms. The van der Waals surface area contributed by atoms with Crippen LogP contribution in [0.3, 0.4) is 0 Å². The predicted octanol–water partition coefficient (Wildman–Crippen LogP) is 1.06. The van der Waals surface area contributed by atoms with Crippen molar-refractivity contribution in [2.24, 2.45) is 0 Å². The Morgan fingerprint density at radius 1 is 0.962 bits per heavy atom. The Labute approximate surface area is 153 Å². The number of aliphatic hydroxyl groups is 1. The summed E-state index contributed by atoms with van der Waals surface area (Å²) in [7, 11) is 0. The van der Waals surface area contributed by atoms with Gasteiger partial charge in [-0.2, -0.15) is 0 Å². The van der Waals surface area contributed by atoms with Gasteiger partial charge in [0.15, 0.2) is 24.2 Å². The van der Waals surface area contributed by atoms with E-state index in [1.54, 1.807) is 19.1 Å². The number of fused-ring (bicyclic) bond motifs is 1. The first-order valence-corrected chi connectivity index (χ1v) is 9.14. The van der Waals surface area contributed by atoms with Gasteiger partial charge >= 0.3 is 0 Å². The van der Waals surface area contributed by atoms with E-state index < -0.39 is 48.6 Å². The molecule has 0 amide bonds. The summed E-state index contributed by atoms with van der Waals surface area (Å²) in [6.45, 7) is 9.61. The van der Waals surface area contributed by atoms with E-state index in [4.69, 9.17) is 33.2 Å². The lowest BCUT2D eigenvalue weighted by atomic mass is 10.1. The van der Waals surface area contributed by atoms with Gasteiger partial charge in [-0.25, -0.2) is 0 Å². The van der Waals surface area contributed by atoms with E-state index in [9.17, 15) is 5.11 Å². The van der Waals surface area contributed by atoms with Crippen molar-refractivity contribution in [1.29, 1.82) is 0 Å². The lowest BCUT2D eigenvalue weighted by Gasteiger charge is -2.33. The van der Waals surface area contributed by atoms with Crippen LogP contribution in [0.2, 0.25) is 0 Å². The lowest BCUT2D eigenvalue weighted by molar-refractivity contribution is -0.256. The van der Waals surface area contributed by atoms with Gasteiger partial charge < -0.3 is 38.3 Å². The Bertz CT molecular complexity index is 561. The molecule has 0 spiro atoms. The average molecular weight is 372 g/mol. The van der Waals surface area contributed by atoms with E-state index in [0.717, 1.165) is 0 Å². The maximum atomic E-state index is 9.78. The highest BCUT2D eigenvalue weighted by Crippen LogP contribution is 2.42. The fourth-order valence-corrected chi connectivity index (χ4v) is 3.77. The third-order valence-corrected chi connectivity index (χ3v) is 5.01. The van der Waals surface area contributed by atoms with Gasteiger partial charge in [0, 0.05) is 0 Å². The van der Waals surface area contributed by atoms with Crippen LogP contribution in [0.4, 0.5) is 0 Å². The van der Waals surface area contributed by atoms with Crippen LogP contribution in [0, 0.1) is 0 Å². The summed E-state index contributed by atoms with van der Waals surface area (Å²) in [5.74, 6) is -1.42. The Morgan fingerprint density at radius 3 is 2.38 bits per heavy atom. The molecule has 8 atom stereocenters. The number of hydrogen-bond acceptors (Lipinski definition) is 8. The van der Waals surface area contributed by atoms with Gasteiger partial charge in [0.05, 0.1) is 18.8 Å². The van der Waals surface area contributed by atoms with Crippen LogP contribution in [0.5, 0.6) is 0 Å². The molecule has 4 rings (SSSR count). The van der Waals surface area contributed by atoms with Gasteiger partial charge in [0.25, 0.3) is 0 Å². The van der Waals surface area contributed by atoms with Gasteiger partial charge in [-0.15, -0.1) is 0 Å². The first-order valence-electron chi connectivity index (χ1n) is 9.14. The minimum atomic E-state index is -0.749. The molecule has 0 radical (unpaired) electrons. The quantitative estimate of drug-likeness (QED) is 0.737. The van der Waals surface area contributed by atoms with Crippen LogP contribution in [-0.2, 0) is 33.2 Å². The molecule has 1 N–H and O–H groups in total. The molecule has 3 saturated heterocycles. The summed E-state index contributed by atoms with van der Waals surface area (Å²) in [5, 5.41) is 9.78. The summed E-state index contributed by atoms with van der Waals surface area (Å²) < 4.78 is 41.5. The van der Waals surface area contributed by atoms with Crippen molar-refractivity contribution < 1.29 is 38.3 Å². The van der Waals surface area contributed by atoms with Crippen molar-refractivity contribution >= 4 is 0 Å². The molecule has 4 aliphatic rings. The summed E-state index contributed by atoms with van der Waals surface area (Å²) in [6, 6.07) is 0. The van der Waals surface area contributed by atoms with Crippen LogP contribution in [-0.4, -0.2) is 72.5 Å². The zero-order chi connectivity index (χ0) is 18.7. The monoisotopic (exact) mass is 372 g/mol. The standard InChI is InChI=1S/C18H28O8/c1-9-10(19)6-7-12(21-9)22-14-13(11-8-20-17(2,3)24-11)23-16-15(14)25-18(4,5)26-16/h6-7,9-16,19H,8H2,1-5H3/t9-,10+,11-,12-,13-,14+,15-,16-/m1/s1. The molecular weight excluding hydrogens is 344 g/mol. The zero-order valence-corrected chi connectivity index (χ0v) is 15.8. The topological polar surface area (TPSA) is 84.8 Å². The molecule has 8 heteroatoms. The Morgan fingerprint density at radius 2 is 1.73 bits per heavy atom. The van der Waals surface area contributed by atoms with Gasteiger partial charge in [0.2, 0.25) is 0 Å². The van der Waals surface area contributed by atoms with E-state index >= 15 is 0 Å². The van der Waals surface area contributed by atoms with Crippen molar-refractivity contribution in [3.63, 3.8) is 0 Å². The highest BCUT2D eigenvalue weighted by Gasteiger charge is 2.59. The number of ether oxygens (including phenoxy) is 7. The van der Waals surface area contributed by atoms with Gasteiger partial charge in [-0.3, -0.25) is 0 Å². The minimum Gasteiger partial charge on any atom is -0.386 e. The fraction of sp³-hybridized carbons (Fsp3) is 0.889. The van der Waals surface area contributed by atoms with Crippen LogP contribution in [0.15, 0.2) is 12.2 Å². The Hall–Kier alpha value is -0.580. The molecule has 4 aliphatic heterocycles. The summed E-state index contributed by atoms with van der Waals surface area (Å²) in [4.78, 5) is 0. The number of aliphatic hydroxyl groups excluding tert-OH is 1. The van der Waals surface area contributed by atoms with E-state index in [2.05, 4.69) is 0 Å². The molecule has 0 aliphatic carbocycles. The molecule has 8 nitrogen and oxygen atoms in total. The van der Waals surface area contributed by atoms with Gasteiger partial charge in [-0.1, -0.05) is 6.08 Å². The third-order valence-electron chi connectivity index (χ3n) is 5.01. The second kappa shape index (κ2) is 6.49. The van der Waals surface area contributed by atoms with E-state index in [0.29, 0.717) is 6.61 Å². The Kier molecular flexibility index (Phi) is 4.69. The van der Waals surface area contributed by atoms with E-state index in [-0.39, 0.29) is 12.2 Å². The van der Waals surface area contributed by atoms with Crippen molar-refractivity contribution in [2.75, 3.05) is 6.61 Å². The smallest absolute Gasteiger partial charge is 0.190 e. The van der Waals surface area contributed by atoms with Gasteiger partial charge in [-0.05, 0) is 40.7 Å². The fourth-order valence-electron chi connectivity index (χ4n) is 3.77. The first-order chi connectivity index (χ1) is 12.1. The molecular formula is C18H28O8. The largest absolute Gasteiger partial charge is 0.386 e.